The van der Waals surface area contributed by atoms with E-state index < -0.39 is 0 Å². The molecule has 0 heterocycles. The molecule has 2 N–H and O–H groups in total. The van der Waals surface area contributed by atoms with Gasteiger partial charge in [0, 0.05) is 31.7 Å². The zero-order valence-electron chi connectivity index (χ0n) is 17.8. The second-order valence-corrected chi connectivity index (χ2v) is 6.81. The molecule has 5 nitrogen and oxygen atoms in total. The molecule has 0 radical (unpaired) electrons. The Morgan fingerprint density at radius 2 is 1.66 bits per heavy atom. The van der Waals surface area contributed by atoms with Gasteiger partial charge in [0.25, 0.3) is 5.91 Å². The number of hydrogen-bond acceptors (Lipinski definition) is 2. The predicted molar refractivity (Wildman–Crippen MR) is 116 cm³/mol. The summed E-state index contributed by atoms with van der Waals surface area (Å²) in [6.07, 6.45) is 0. The van der Waals surface area contributed by atoms with Gasteiger partial charge in [-0.05, 0) is 62.6 Å². The monoisotopic (exact) mass is 398 g/mol. The Kier molecular flexibility index (Phi) is 8.65. The van der Waals surface area contributed by atoms with Gasteiger partial charge in [0.2, 0.25) is 0 Å². The number of benzene rings is 2. The summed E-state index contributed by atoms with van der Waals surface area (Å²) in [5, 5.41) is 6.51. The number of amides is 1. The first-order valence-electron chi connectivity index (χ1n) is 10.1. The Hall–Kier alpha value is -2.89. The first-order chi connectivity index (χ1) is 14.0. The summed E-state index contributed by atoms with van der Waals surface area (Å²) in [6.45, 7) is 10.9. The summed E-state index contributed by atoms with van der Waals surface area (Å²) in [7, 11) is 0. The zero-order valence-corrected chi connectivity index (χ0v) is 17.8. The number of halogens is 1. The van der Waals surface area contributed by atoms with Crippen molar-refractivity contribution in [2.24, 2.45) is 4.99 Å². The van der Waals surface area contributed by atoms with Gasteiger partial charge >= 0.3 is 0 Å². The van der Waals surface area contributed by atoms with Gasteiger partial charge in [-0.2, -0.15) is 0 Å². The van der Waals surface area contributed by atoms with Crippen LogP contribution in [0.15, 0.2) is 47.5 Å². The maximum Gasteiger partial charge on any atom is 0.253 e. The lowest BCUT2D eigenvalue weighted by atomic mass is 10.1. The van der Waals surface area contributed by atoms with Gasteiger partial charge < -0.3 is 15.5 Å². The molecule has 29 heavy (non-hydrogen) atoms. The summed E-state index contributed by atoms with van der Waals surface area (Å²) in [5.74, 6) is 0.544. The van der Waals surface area contributed by atoms with E-state index >= 15 is 0 Å². The topological polar surface area (TPSA) is 56.7 Å². The summed E-state index contributed by atoms with van der Waals surface area (Å²) in [5.41, 5.74) is 3.34. The fraction of sp³-hybridized carbons (Fsp3) is 0.391. The van der Waals surface area contributed by atoms with Crippen LogP contribution in [0.4, 0.5) is 4.39 Å². The average molecular weight is 399 g/mol. The third kappa shape index (κ3) is 6.59. The van der Waals surface area contributed by atoms with Crippen LogP contribution in [0.25, 0.3) is 0 Å². The highest BCUT2D eigenvalue weighted by molar-refractivity contribution is 5.94. The molecule has 0 aliphatic carbocycles. The van der Waals surface area contributed by atoms with Gasteiger partial charge in [0.05, 0.1) is 6.54 Å². The number of guanidine groups is 1. The third-order valence-electron chi connectivity index (χ3n) is 4.70. The van der Waals surface area contributed by atoms with E-state index in [0.717, 1.165) is 17.7 Å². The maximum atomic E-state index is 13.4. The summed E-state index contributed by atoms with van der Waals surface area (Å²) in [6, 6.07) is 12.7. The summed E-state index contributed by atoms with van der Waals surface area (Å²) in [4.78, 5) is 18.8. The van der Waals surface area contributed by atoms with E-state index in [0.29, 0.717) is 43.3 Å². The van der Waals surface area contributed by atoms with Crippen LogP contribution in [0.3, 0.4) is 0 Å². The first-order valence-corrected chi connectivity index (χ1v) is 10.1. The van der Waals surface area contributed by atoms with Gasteiger partial charge in [-0.3, -0.25) is 4.79 Å². The Balaban J connectivity index is 1.98. The van der Waals surface area contributed by atoms with Crippen molar-refractivity contribution in [1.82, 2.24) is 15.5 Å². The molecule has 156 valence electrons. The van der Waals surface area contributed by atoms with Crippen LogP contribution in [0.2, 0.25) is 0 Å². The molecule has 0 aliphatic rings. The number of hydrogen-bond donors (Lipinski definition) is 2. The number of aryl methyl sites for hydroxylation is 1. The molecule has 1 amide bonds. The standard InChI is InChI=1S/C23H31FN4O/c1-5-25-23(27-16-19-10-13-21(24)17(4)14-19)26-15-18-8-11-20(12-9-18)22(29)28(6-2)7-3/h8-14H,5-7,15-16H2,1-4H3,(H2,25,26,27). The van der Waals surface area contributed by atoms with Crippen molar-refractivity contribution in [1.29, 1.82) is 0 Å². The summed E-state index contributed by atoms with van der Waals surface area (Å²) >= 11 is 0. The Morgan fingerprint density at radius 3 is 2.24 bits per heavy atom. The van der Waals surface area contributed by atoms with E-state index in [1.54, 1.807) is 17.9 Å². The number of nitrogens with one attached hydrogen (secondary N) is 2. The second-order valence-electron chi connectivity index (χ2n) is 6.81. The van der Waals surface area contributed by atoms with Gasteiger partial charge in [0.1, 0.15) is 5.82 Å². The molecule has 0 saturated heterocycles. The molecule has 0 bridgehead atoms. The third-order valence-corrected chi connectivity index (χ3v) is 4.70. The normalized spacial score (nSPS) is 11.3. The molecular weight excluding hydrogens is 367 g/mol. The van der Waals surface area contributed by atoms with Crippen molar-refractivity contribution in [3.63, 3.8) is 0 Å². The number of carbonyl (C=O) groups is 1. The van der Waals surface area contributed by atoms with Crippen LogP contribution in [-0.2, 0) is 13.1 Å². The SMILES string of the molecule is CCNC(=NCc1ccc(F)c(C)c1)NCc1ccc(C(=O)N(CC)CC)cc1. The van der Waals surface area contributed by atoms with Crippen molar-refractivity contribution < 1.29 is 9.18 Å². The van der Waals surface area contributed by atoms with Crippen LogP contribution in [0.5, 0.6) is 0 Å². The zero-order chi connectivity index (χ0) is 21.2. The van der Waals surface area contributed by atoms with Crippen LogP contribution in [-0.4, -0.2) is 36.4 Å². The lowest BCUT2D eigenvalue weighted by molar-refractivity contribution is 0.0773. The lowest BCUT2D eigenvalue weighted by Gasteiger charge is -2.18. The van der Waals surface area contributed by atoms with E-state index in [1.165, 1.54) is 6.07 Å². The molecule has 6 heteroatoms. The molecule has 0 aromatic heterocycles. The van der Waals surface area contributed by atoms with Crippen molar-refractivity contribution >= 4 is 11.9 Å². The van der Waals surface area contributed by atoms with Crippen LogP contribution < -0.4 is 10.6 Å². The van der Waals surface area contributed by atoms with E-state index in [-0.39, 0.29) is 11.7 Å². The molecule has 2 aromatic rings. The minimum Gasteiger partial charge on any atom is -0.357 e. The molecule has 0 spiro atoms. The Labute approximate surface area is 173 Å². The molecule has 2 aromatic carbocycles. The number of rotatable bonds is 8. The maximum absolute atomic E-state index is 13.4. The molecule has 0 saturated carbocycles. The number of nitrogens with zero attached hydrogens (tertiary/aromatic N) is 2. The van der Waals surface area contributed by atoms with Gasteiger partial charge in [0.15, 0.2) is 5.96 Å². The first kappa shape index (κ1) is 22.4. The van der Waals surface area contributed by atoms with Gasteiger partial charge in [-0.15, -0.1) is 0 Å². The Morgan fingerprint density at radius 1 is 1.00 bits per heavy atom. The molecule has 0 unspecified atom stereocenters. The van der Waals surface area contributed by atoms with Crippen molar-refractivity contribution in [2.45, 2.75) is 40.8 Å². The van der Waals surface area contributed by atoms with Crippen LogP contribution >= 0.6 is 0 Å². The Bertz CT molecular complexity index is 829. The second kappa shape index (κ2) is 11.2. The lowest BCUT2D eigenvalue weighted by Crippen LogP contribution is -2.36. The average Bonchev–Trinajstić information content (AvgIpc) is 2.73. The fourth-order valence-corrected chi connectivity index (χ4v) is 2.96. The van der Waals surface area contributed by atoms with E-state index in [4.69, 9.17) is 0 Å². The van der Waals surface area contributed by atoms with E-state index in [1.807, 2.05) is 51.1 Å². The molecular formula is C23H31FN4O. The fourth-order valence-electron chi connectivity index (χ4n) is 2.96. The minimum absolute atomic E-state index is 0.0546. The van der Waals surface area contributed by atoms with Crippen molar-refractivity contribution in [3.05, 3.63) is 70.5 Å². The highest BCUT2D eigenvalue weighted by Crippen LogP contribution is 2.10. The van der Waals surface area contributed by atoms with Gasteiger partial charge in [-0.25, -0.2) is 9.38 Å². The van der Waals surface area contributed by atoms with Crippen molar-refractivity contribution in [2.75, 3.05) is 19.6 Å². The van der Waals surface area contributed by atoms with Crippen LogP contribution in [0.1, 0.15) is 47.8 Å². The predicted octanol–water partition coefficient (Wildman–Crippen LogP) is 3.87. The summed E-state index contributed by atoms with van der Waals surface area (Å²) < 4.78 is 13.4. The van der Waals surface area contributed by atoms with E-state index in [9.17, 15) is 9.18 Å². The molecule has 2 rings (SSSR count). The van der Waals surface area contributed by atoms with Crippen LogP contribution in [0, 0.1) is 12.7 Å². The number of carbonyl (C=O) groups excluding carboxylic acids is 1. The largest absolute Gasteiger partial charge is 0.357 e. The van der Waals surface area contributed by atoms with E-state index in [2.05, 4.69) is 15.6 Å². The highest BCUT2D eigenvalue weighted by Gasteiger charge is 2.11. The molecule has 0 atom stereocenters. The molecule has 0 aliphatic heterocycles. The smallest absolute Gasteiger partial charge is 0.253 e. The van der Waals surface area contributed by atoms with Crippen molar-refractivity contribution in [3.8, 4) is 0 Å². The quantitative estimate of drug-likeness (QED) is 0.524. The minimum atomic E-state index is -0.203. The number of aliphatic imine (C=N–C) groups is 1. The molecule has 0 fully saturated rings. The highest BCUT2D eigenvalue weighted by atomic mass is 19.1. The van der Waals surface area contributed by atoms with Gasteiger partial charge in [-0.1, -0.05) is 24.3 Å².